The van der Waals surface area contributed by atoms with Gasteiger partial charge in [0.05, 0.1) is 0 Å². The van der Waals surface area contributed by atoms with Crippen LogP contribution < -0.4 is 5.73 Å². The zero-order valence-electron chi connectivity index (χ0n) is 9.70. The zero-order valence-corrected chi connectivity index (χ0v) is 11.3. The molecule has 0 aliphatic rings. The third-order valence-corrected chi connectivity index (χ3v) is 4.04. The predicted octanol–water partition coefficient (Wildman–Crippen LogP) is 4.23. The summed E-state index contributed by atoms with van der Waals surface area (Å²) in [5, 5.41) is 0.712. The molecule has 0 amide bonds. The molecule has 2 rings (SSSR count). The van der Waals surface area contributed by atoms with E-state index in [-0.39, 0.29) is 5.82 Å². The van der Waals surface area contributed by atoms with Crippen molar-refractivity contribution < 1.29 is 4.39 Å². The largest absolute Gasteiger partial charge is 0.326 e. The Morgan fingerprint density at radius 1 is 1.17 bits per heavy atom. The van der Waals surface area contributed by atoms with Gasteiger partial charge >= 0.3 is 0 Å². The maximum absolute atomic E-state index is 13.7. The summed E-state index contributed by atoms with van der Waals surface area (Å²) in [6.07, 6.45) is 0. The van der Waals surface area contributed by atoms with Crippen molar-refractivity contribution in [3.63, 3.8) is 0 Å². The van der Waals surface area contributed by atoms with Gasteiger partial charge in [-0.2, -0.15) is 0 Å². The first-order chi connectivity index (χ1) is 8.70. The van der Waals surface area contributed by atoms with Crippen LogP contribution in [0, 0.1) is 5.82 Å². The first-order valence-electron chi connectivity index (χ1n) is 5.55. The second kappa shape index (κ2) is 6.23. The van der Waals surface area contributed by atoms with Gasteiger partial charge in [-0.05, 0) is 29.3 Å². The molecule has 2 N–H and O–H groups in total. The third-order valence-electron chi connectivity index (χ3n) is 2.57. The van der Waals surface area contributed by atoms with Crippen molar-refractivity contribution in [2.45, 2.75) is 17.2 Å². The third kappa shape index (κ3) is 3.25. The van der Waals surface area contributed by atoms with E-state index in [4.69, 9.17) is 17.3 Å². The summed E-state index contributed by atoms with van der Waals surface area (Å²) in [6.45, 7) is 0.354. The molecule has 0 spiro atoms. The van der Waals surface area contributed by atoms with E-state index in [0.717, 1.165) is 11.1 Å². The van der Waals surface area contributed by atoms with Gasteiger partial charge in [-0.1, -0.05) is 35.9 Å². The van der Waals surface area contributed by atoms with Crippen molar-refractivity contribution in [3.05, 3.63) is 64.4 Å². The molecular weight excluding hydrogens is 269 g/mol. The van der Waals surface area contributed by atoms with Crippen LogP contribution in [-0.2, 0) is 12.3 Å². The minimum absolute atomic E-state index is 0.227. The fourth-order valence-electron chi connectivity index (χ4n) is 1.56. The van der Waals surface area contributed by atoms with Crippen LogP contribution >= 0.6 is 23.4 Å². The maximum atomic E-state index is 13.7. The Bertz CT molecular complexity index is 545. The Balaban J connectivity index is 2.09. The summed E-state index contributed by atoms with van der Waals surface area (Å²) in [7, 11) is 0. The number of nitrogens with two attached hydrogens (primary N) is 1. The smallest absolute Gasteiger partial charge is 0.137 e. The maximum Gasteiger partial charge on any atom is 0.137 e. The average molecular weight is 282 g/mol. The monoisotopic (exact) mass is 281 g/mol. The van der Waals surface area contributed by atoms with Crippen molar-refractivity contribution in [1.29, 1.82) is 0 Å². The zero-order chi connectivity index (χ0) is 13.0. The molecule has 0 heterocycles. The normalized spacial score (nSPS) is 10.6. The SMILES string of the molecule is NCc1ccc(SCc2ccccc2Cl)c(F)c1. The quantitative estimate of drug-likeness (QED) is 0.849. The summed E-state index contributed by atoms with van der Waals surface area (Å²) in [5.41, 5.74) is 7.27. The van der Waals surface area contributed by atoms with E-state index in [1.54, 1.807) is 6.07 Å². The van der Waals surface area contributed by atoms with Crippen LogP contribution in [0.5, 0.6) is 0 Å². The number of hydrogen-bond acceptors (Lipinski definition) is 2. The van der Waals surface area contributed by atoms with Gasteiger partial charge in [0.15, 0.2) is 0 Å². The van der Waals surface area contributed by atoms with Gasteiger partial charge < -0.3 is 5.73 Å². The number of halogens is 2. The first-order valence-corrected chi connectivity index (χ1v) is 6.92. The summed E-state index contributed by atoms with van der Waals surface area (Å²) in [5.74, 6) is 0.425. The molecule has 0 radical (unpaired) electrons. The van der Waals surface area contributed by atoms with E-state index in [0.29, 0.717) is 22.2 Å². The highest BCUT2D eigenvalue weighted by Crippen LogP contribution is 2.28. The lowest BCUT2D eigenvalue weighted by Crippen LogP contribution is -1.97. The van der Waals surface area contributed by atoms with Gasteiger partial charge in [-0.25, -0.2) is 4.39 Å². The van der Waals surface area contributed by atoms with Gasteiger partial charge in [0.2, 0.25) is 0 Å². The highest BCUT2D eigenvalue weighted by molar-refractivity contribution is 7.98. The minimum Gasteiger partial charge on any atom is -0.326 e. The Morgan fingerprint density at radius 2 is 1.94 bits per heavy atom. The minimum atomic E-state index is -0.227. The molecular formula is C14H13ClFNS. The van der Waals surface area contributed by atoms with Crippen molar-refractivity contribution in [2.24, 2.45) is 5.73 Å². The Kier molecular flexibility index (Phi) is 4.64. The lowest BCUT2D eigenvalue weighted by Gasteiger charge is -2.06. The molecule has 0 unspecified atom stereocenters. The van der Waals surface area contributed by atoms with E-state index in [1.165, 1.54) is 17.8 Å². The fraction of sp³-hybridized carbons (Fsp3) is 0.143. The van der Waals surface area contributed by atoms with Gasteiger partial charge in [0.1, 0.15) is 5.82 Å². The molecule has 0 bridgehead atoms. The molecule has 94 valence electrons. The van der Waals surface area contributed by atoms with Gasteiger partial charge in [-0.3, -0.25) is 0 Å². The van der Waals surface area contributed by atoms with Crippen LogP contribution in [-0.4, -0.2) is 0 Å². The summed E-state index contributed by atoms with van der Waals surface area (Å²) >= 11 is 7.49. The van der Waals surface area contributed by atoms with Crippen LogP contribution in [0.1, 0.15) is 11.1 Å². The molecule has 18 heavy (non-hydrogen) atoms. The number of thioether (sulfide) groups is 1. The molecule has 0 aliphatic heterocycles. The van der Waals surface area contributed by atoms with Crippen LogP contribution in [0.3, 0.4) is 0 Å². The van der Waals surface area contributed by atoms with E-state index in [1.807, 2.05) is 30.3 Å². The molecule has 2 aromatic rings. The second-order valence-electron chi connectivity index (χ2n) is 3.85. The Hall–Kier alpha value is -1.03. The van der Waals surface area contributed by atoms with Crippen molar-refractivity contribution >= 4 is 23.4 Å². The Morgan fingerprint density at radius 3 is 2.61 bits per heavy atom. The highest BCUT2D eigenvalue weighted by Gasteiger charge is 2.05. The number of rotatable bonds is 4. The van der Waals surface area contributed by atoms with E-state index >= 15 is 0 Å². The van der Waals surface area contributed by atoms with Crippen molar-refractivity contribution in [1.82, 2.24) is 0 Å². The van der Waals surface area contributed by atoms with Crippen molar-refractivity contribution in [3.8, 4) is 0 Å². The van der Waals surface area contributed by atoms with Crippen molar-refractivity contribution in [2.75, 3.05) is 0 Å². The molecule has 0 aliphatic carbocycles. The van der Waals surface area contributed by atoms with E-state index < -0.39 is 0 Å². The van der Waals surface area contributed by atoms with Gasteiger partial charge in [-0.15, -0.1) is 11.8 Å². The molecule has 0 aromatic heterocycles. The fourth-order valence-corrected chi connectivity index (χ4v) is 2.76. The Labute approximate surface area is 115 Å². The summed E-state index contributed by atoms with van der Waals surface area (Å²) < 4.78 is 13.7. The van der Waals surface area contributed by atoms with Crippen LogP contribution in [0.2, 0.25) is 5.02 Å². The van der Waals surface area contributed by atoms with Crippen LogP contribution in [0.25, 0.3) is 0 Å². The van der Waals surface area contributed by atoms with Gasteiger partial charge in [0, 0.05) is 22.2 Å². The summed E-state index contributed by atoms with van der Waals surface area (Å²) in [6, 6.07) is 12.7. The number of hydrogen-bond donors (Lipinski definition) is 1. The molecule has 0 saturated heterocycles. The van der Waals surface area contributed by atoms with E-state index in [2.05, 4.69) is 0 Å². The second-order valence-corrected chi connectivity index (χ2v) is 5.27. The molecule has 0 atom stereocenters. The average Bonchev–Trinajstić information content (AvgIpc) is 2.39. The summed E-state index contributed by atoms with van der Waals surface area (Å²) in [4.78, 5) is 0.618. The van der Waals surface area contributed by atoms with Gasteiger partial charge in [0.25, 0.3) is 0 Å². The predicted molar refractivity (Wildman–Crippen MR) is 75.3 cm³/mol. The topological polar surface area (TPSA) is 26.0 Å². The molecule has 4 heteroatoms. The standard InChI is InChI=1S/C14H13ClFNS/c15-12-4-2-1-3-11(12)9-18-14-6-5-10(8-17)7-13(14)16/h1-7H,8-9,17H2. The van der Waals surface area contributed by atoms with E-state index in [9.17, 15) is 4.39 Å². The lowest BCUT2D eigenvalue weighted by molar-refractivity contribution is 0.599. The molecule has 1 nitrogen and oxygen atoms in total. The molecule has 0 fully saturated rings. The number of benzene rings is 2. The van der Waals surface area contributed by atoms with Crippen LogP contribution in [0.4, 0.5) is 4.39 Å². The molecule has 2 aromatic carbocycles. The van der Waals surface area contributed by atoms with Crippen LogP contribution in [0.15, 0.2) is 47.4 Å². The highest BCUT2D eigenvalue weighted by atomic mass is 35.5. The molecule has 0 saturated carbocycles. The first kappa shape index (κ1) is 13.4. The lowest BCUT2D eigenvalue weighted by atomic mass is 10.2.